The third-order valence-corrected chi connectivity index (χ3v) is 6.38. The summed E-state index contributed by atoms with van der Waals surface area (Å²) in [5.74, 6) is -2.68. The first kappa shape index (κ1) is 25.2. The molecule has 0 N–H and O–H groups in total. The van der Waals surface area contributed by atoms with E-state index in [-0.39, 0.29) is 30.2 Å². The summed E-state index contributed by atoms with van der Waals surface area (Å²) in [5.41, 5.74) is 1.36. The molecule has 2 atom stereocenters. The number of hydrogen-bond acceptors (Lipinski definition) is 9. The van der Waals surface area contributed by atoms with Crippen LogP contribution in [0.15, 0.2) is 58.1 Å². The molecule has 0 radical (unpaired) electrons. The van der Waals surface area contributed by atoms with Gasteiger partial charge in [0.1, 0.15) is 5.92 Å². The number of esters is 2. The van der Waals surface area contributed by atoms with Gasteiger partial charge in [-0.05, 0) is 26.3 Å². The largest absolute Gasteiger partial charge is 0.465 e. The molecule has 2 aromatic rings. The zero-order chi connectivity index (χ0) is 24.8. The molecule has 34 heavy (non-hydrogen) atoms. The van der Waals surface area contributed by atoms with Crippen molar-refractivity contribution in [1.29, 1.82) is 0 Å². The number of non-ortho nitro benzene ring substituents is 1. The number of thioether (sulfide) groups is 1. The fourth-order valence-corrected chi connectivity index (χ4v) is 4.73. The van der Waals surface area contributed by atoms with Crippen molar-refractivity contribution in [2.45, 2.75) is 31.8 Å². The van der Waals surface area contributed by atoms with E-state index in [9.17, 15) is 19.7 Å². The van der Waals surface area contributed by atoms with Crippen LogP contribution in [0, 0.1) is 16.0 Å². The van der Waals surface area contributed by atoms with E-state index in [1.807, 2.05) is 11.6 Å². The Morgan fingerprint density at radius 1 is 1.24 bits per heavy atom. The van der Waals surface area contributed by atoms with Crippen LogP contribution in [0.25, 0.3) is 0 Å². The summed E-state index contributed by atoms with van der Waals surface area (Å²) < 4.78 is 12.5. The zero-order valence-electron chi connectivity index (χ0n) is 19.4. The molecule has 0 saturated heterocycles. The summed E-state index contributed by atoms with van der Waals surface area (Å²) >= 11 is 1.38. The van der Waals surface area contributed by atoms with E-state index in [1.165, 1.54) is 30.0 Å². The molecule has 0 saturated carbocycles. The molecule has 0 spiro atoms. The lowest BCUT2D eigenvalue weighted by molar-refractivity contribution is -0.384. The zero-order valence-corrected chi connectivity index (χ0v) is 20.2. The highest BCUT2D eigenvalue weighted by Gasteiger charge is 2.43. The molecule has 0 amide bonds. The van der Waals surface area contributed by atoms with E-state index < -0.39 is 28.7 Å². The van der Waals surface area contributed by atoms with Gasteiger partial charge in [-0.25, -0.2) is 9.78 Å². The first-order valence-corrected chi connectivity index (χ1v) is 11.7. The Morgan fingerprint density at radius 2 is 1.97 bits per heavy atom. The predicted octanol–water partition coefficient (Wildman–Crippen LogP) is 3.68. The van der Waals surface area contributed by atoms with Crippen molar-refractivity contribution in [1.82, 2.24) is 9.55 Å². The van der Waals surface area contributed by atoms with Gasteiger partial charge in [0.2, 0.25) is 0 Å². The first-order chi connectivity index (χ1) is 16.3. The van der Waals surface area contributed by atoms with E-state index in [4.69, 9.17) is 9.47 Å². The van der Waals surface area contributed by atoms with Crippen LogP contribution in [-0.4, -0.2) is 51.1 Å². The molecule has 0 bridgehead atoms. The fraction of sp³-hybridized carbons (Fsp3) is 0.391. The minimum Gasteiger partial charge on any atom is -0.465 e. The first-order valence-electron chi connectivity index (χ1n) is 10.7. The van der Waals surface area contributed by atoms with Crippen molar-refractivity contribution in [3.05, 3.63) is 63.6 Å². The Kier molecular flexibility index (Phi) is 8.21. The highest BCUT2D eigenvalue weighted by molar-refractivity contribution is 7.99. The standard InChI is InChI=1S/C23H26N4O6S/c1-5-32-21(28)18-14(3)25-17(13-34-23-24-10-11-26(23)4)20(22(29)33-6-2)19(18)15-8-7-9-16(12-15)27(30)31/h7-12,18-19H,5-6,13H2,1-4H3. The molecule has 1 aliphatic rings. The Balaban J connectivity index is 2.18. The average Bonchev–Trinajstić information content (AvgIpc) is 3.21. The number of carbonyl (C=O) groups is 2. The van der Waals surface area contributed by atoms with Gasteiger partial charge in [-0.3, -0.25) is 19.9 Å². The van der Waals surface area contributed by atoms with Crippen LogP contribution in [0.3, 0.4) is 0 Å². The molecule has 0 fully saturated rings. The topological polar surface area (TPSA) is 126 Å². The second-order valence-corrected chi connectivity index (χ2v) is 8.45. The van der Waals surface area contributed by atoms with Crippen LogP contribution >= 0.6 is 11.8 Å². The van der Waals surface area contributed by atoms with Crippen molar-refractivity contribution in [2.24, 2.45) is 18.0 Å². The predicted molar refractivity (Wildman–Crippen MR) is 127 cm³/mol. The third kappa shape index (κ3) is 5.36. The van der Waals surface area contributed by atoms with Crippen molar-refractivity contribution in [3.63, 3.8) is 0 Å². The number of imidazole rings is 1. The molecule has 1 aliphatic heterocycles. The quantitative estimate of drug-likeness (QED) is 0.227. The summed E-state index contributed by atoms with van der Waals surface area (Å²) in [5, 5.41) is 12.2. The lowest BCUT2D eigenvalue weighted by Crippen LogP contribution is -2.37. The number of aliphatic imine (C=N–C) groups is 1. The van der Waals surface area contributed by atoms with Crippen molar-refractivity contribution in [3.8, 4) is 0 Å². The molecule has 11 heteroatoms. The molecular weight excluding hydrogens is 460 g/mol. The van der Waals surface area contributed by atoms with Gasteiger partial charge >= 0.3 is 11.9 Å². The number of hydrogen-bond donors (Lipinski definition) is 0. The van der Waals surface area contributed by atoms with Gasteiger partial charge in [-0.1, -0.05) is 23.9 Å². The molecule has 10 nitrogen and oxygen atoms in total. The lowest BCUT2D eigenvalue weighted by atomic mass is 9.75. The Labute approximate surface area is 201 Å². The number of nitrogens with zero attached hydrogens (tertiary/aromatic N) is 4. The van der Waals surface area contributed by atoms with E-state index in [0.29, 0.717) is 17.0 Å². The summed E-state index contributed by atoms with van der Waals surface area (Å²) in [6, 6.07) is 5.92. The second-order valence-electron chi connectivity index (χ2n) is 7.50. The summed E-state index contributed by atoms with van der Waals surface area (Å²) in [7, 11) is 1.86. The molecule has 1 aromatic carbocycles. The Morgan fingerprint density at radius 3 is 2.59 bits per heavy atom. The Hall–Kier alpha value is -3.47. The van der Waals surface area contributed by atoms with Crippen LogP contribution in [0.5, 0.6) is 0 Å². The maximum Gasteiger partial charge on any atom is 0.336 e. The molecular formula is C23H26N4O6S. The fourth-order valence-electron chi connectivity index (χ4n) is 3.85. The van der Waals surface area contributed by atoms with Crippen LogP contribution in [0.4, 0.5) is 5.69 Å². The summed E-state index contributed by atoms with van der Waals surface area (Å²) in [4.78, 5) is 46.0. The van der Waals surface area contributed by atoms with Crippen molar-refractivity contribution < 1.29 is 24.0 Å². The monoisotopic (exact) mass is 486 g/mol. The summed E-state index contributed by atoms with van der Waals surface area (Å²) in [6.45, 7) is 5.33. The van der Waals surface area contributed by atoms with Crippen molar-refractivity contribution >= 4 is 35.1 Å². The number of nitro benzene ring substituents is 1. The highest BCUT2D eigenvalue weighted by Crippen LogP contribution is 2.42. The molecule has 180 valence electrons. The number of rotatable bonds is 9. The van der Waals surface area contributed by atoms with Gasteiger partial charge < -0.3 is 14.0 Å². The van der Waals surface area contributed by atoms with Gasteiger partial charge in [0.05, 0.1) is 29.4 Å². The second kappa shape index (κ2) is 11.1. The smallest absolute Gasteiger partial charge is 0.336 e. The number of aryl methyl sites for hydroxylation is 1. The van der Waals surface area contributed by atoms with Gasteiger partial charge in [0.25, 0.3) is 5.69 Å². The minimum atomic E-state index is -0.928. The maximum atomic E-state index is 13.2. The molecule has 3 rings (SSSR count). The van der Waals surface area contributed by atoms with E-state index >= 15 is 0 Å². The number of aromatic nitrogens is 2. The van der Waals surface area contributed by atoms with E-state index in [0.717, 1.165) is 5.16 Å². The van der Waals surface area contributed by atoms with E-state index in [2.05, 4.69) is 9.98 Å². The van der Waals surface area contributed by atoms with Gasteiger partial charge in [0.15, 0.2) is 5.16 Å². The van der Waals surface area contributed by atoms with Gasteiger partial charge in [-0.2, -0.15) is 0 Å². The summed E-state index contributed by atoms with van der Waals surface area (Å²) in [6.07, 6.45) is 3.47. The Bertz CT molecular complexity index is 1160. The van der Waals surface area contributed by atoms with E-state index in [1.54, 1.807) is 39.2 Å². The highest BCUT2D eigenvalue weighted by atomic mass is 32.2. The minimum absolute atomic E-state index is 0.122. The normalized spacial score (nSPS) is 17.8. The molecule has 2 heterocycles. The maximum absolute atomic E-state index is 13.2. The average molecular weight is 487 g/mol. The van der Waals surface area contributed by atoms with Crippen molar-refractivity contribution in [2.75, 3.05) is 19.0 Å². The van der Waals surface area contributed by atoms with Crippen LogP contribution in [0.2, 0.25) is 0 Å². The molecule has 2 unspecified atom stereocenters. The third-order valence-electron chi connectivity index (χ3n) is 5.31. The molecule has 0 aliphatic carbocycles. The number of benzene rings is 1. The SMILES string of the molecule is CCOC(=O)C1=C(CSc2nccn2C)N=C(C)C(C(=O)OCC)C1c1cccc([N+](=O)[O-])c1. The van der Waals surface area contributed by atoms with Crippen LogP contribution in [-0.2, 0) is 26.1 Å². The number of nitro groups is 1. The van der Waals surface area contributed by atoms with Gasteiger partial charge in [-0.15, -0.1) is 0 Å². The molecule has 1 aromatic heterocycles. The van der Waals surface area contributed by atoms with Crippen LogP contribution in [0.1, 0.15) is 32.3 Å². The van der Waals surface area contributed by atoms with Crippen LogP contribution < -0.4 is 0 Å². The number of ether oxygens (including phenoxy) is 2. The number of carbonyl (C=O) groups excluding carboxylic acids is 2. The lowest BCUT2D eigenvalue weighted by Gasteiger charge is -2.32. The van der Waals surface area contributed by atoms with Gasteiger partial charge in [0, 0.05) is 49.0 Å².